The topological polar surface area (TPSA) is 87.7 Å². The number of amides is 4. The predicted molar refractivity (Wildman–Crippen MR) is 91.5 cm³/mol. The first-order valence-corrected chi connectivity index (χ1v) is 8.99. The van der Waals surface area contributed by atoms with Gasteiger partial charge in [-0.25, -0.2) is 9.69 Å². The number of fused-ring (bicyclic) bond motifs is 2. The second-order valence-electron chi connectivity index (χ2n) is 7.13. The van der Waals surface area contributed by atoms with Gasteiger partial charge in [-0.15, -0.1) is 0 Å². The lowest BCUT2D eigenvalue weighted by Crippen LogP contribution is -2.50. The molecule has 0 aromatic heterocycles. The van der Waals surface area contributed by atoms with Crippen molar-refractivity contribution in [2.24, 2.45) is 11.8 Å². The molecule has 3 aliphatic rings. The lowest BCUT2D eigenvalue weighted by molar-refractivity contribution is -0.196. The molecule has 28 heavy (non-hydrogen) atoms. The van der Waals surface area contributed by atoms with Crippen LogP contribution in [0, 0.1) is 11.8 Å². The maximum absolute atomic E-state index is 13.4. The van der Waals surface area contributed by atoms with Crippen molar-refractivity contribution in [3.05, 3.63) is 24.3 Å². The van der Waals surface area contributed by atoms with E-state index < -0.39 is 48.1 Å². The molecule has 2 N–H and O–H groups in total. The minimum Gasteiger partial charge on any atom is -0.373 e. The second kappa shape index (κ2) is 6.77. The van der Waals surface area contributed by atoms with E-state index in [-0.39, 0.29) is 24.3 Å². The summed E-state index contributed by atoms with van der Waals surface area (Å²) in [6.07, 6.45) is -5.42. The first-order valence-electron chi connectivity index (χ1n) is 8.99. The number of urea groups is 1. The zero-order valence-corrected chi connectivity index (χ0v) is 14.7. The van der Waals surface area contributed by atoms with Crippen molar-refractivity contribution >= 4 is 29.2 Å². The van der Waals surface area contributed by atoms with Gasteiger partial charge in [0.05, 0.1) is 29.7 Å². The smallest absolute Gasteiger partial charge is 0.373 e. The lowest BCUT2D eigenvalue weighted by atomic mass is 9.78. The Hall–Kier alpha value is -2.62. The Labute approximate surface area is 158 Å². The number of nitrogens with one attached hydrogen (secondary N) is 2. The first kappa shape index (κ1) is 18.7. The molecule has 10 heteroatoms. The number of ether oxygens (including phenoxy) is 1. The molecule has 0 saturated carbocycles. The fourth-order valence-electron chi connectivity index (χ4n) is 4.22. The van der Waals surface area contributed by atoms with Crippen LogP contribution in [0.4, 0.5) is 29.3 Å². The zero-order valence-electron chi connectivity index (χ0n) is 14.7. The molecule has 4 amide bonds. The van der Waals surface area contributed by atoms with Crippen LogP contribution in [0.2, 0.25) is 0 Å². The molecule has 2 bridgehead atoms. The number of alkyl halides is 3. The number of carbonyl (C=O) groups excluding carboxylic acids is 3. The molecule has 3 fully saturated rings. The van der Waals surface area contributed by atoms with E-state index in [1.165, 1.54) is 24.3 Å². The summed E-state index contributed by atoms with van der Waals surface area (Å²) in [6, 6.07) is 5.32. The molecular weight excluding hydrogens is 379 g/mol. The van der Waals surface area contributed by atoms with Gasteiger partial charge in [0, 0.05) is 18.7 Å². The van der Waals surface area contributed by atoms with Crippen molar-refractivity contribution in [1.29, 1.82) is 0 Å². The minimum atomic E-state index is -4.53. The van der Waals surface area contributed by atoms with Crippen LogP contribution in [0.25, 0.3) is 0 Å². The Morgan fingerprint density at radius 3 is 2.68 bits per heavy atom. The summed E-state index contributed by atoms with van der Waals surface area (Å²) < 4.78 is 45.6. The molecule has 3 heterocycles. The molecular formula is C18H18F3N3O4. The Kier molecular flexibility index (Phi) is 4.53. The zero-order chi connectivity index (χ0) is 20.1. The predicted octanol–water partition coefficient (Wildman–Crippen LogP) is 2.43. The molecule has 150 valence electrons. The first-order chi connectivity index (χ1) is 13.3. The summed E-state index contributed by atoms with van der Waals surface area (Å²) in [7, 11) is 0. The quantitative estimate of drug-likeness (QED) is 0.820. The van der Waals surface area contributed by atoms with Crippen molar-refractivity contribution in [3.63, 3.8) is 0 Å². The maximum atomic E-state index is 13.4. The number of nitrogens with zero attached hydrogens (tertiary/aromatic N) is 1. The van der Waals surface area contributed by atoms with Gasteiger partial charge in [-0.3, -0.25) is 9.59 Å². The van der Waals surface area contributed by atoms with Crippen LogP contribution in [-0.2, 0) is 14.3 Å². The van der Waals surface area contributed by atoms with E-state index in [9.17, 15) is 27.6 Å². The van der Waals surface area contributed by atoms with Gasteiger partial charge in [0.15, 0.2) is 0 Å². The van der Waals surface area contributed by atoms with Crippen LogP contribution >= 0.6 is 0 Å². The highest BCUT2D eigenvalue weighted by Gasteiger charge is 2.62. The Bertz CT molecular complexity index is 813. The van der Waals surface area contributed by atoms with Crippen LogP contribution in [0.1, 0.15) is 19.3 Å². The second-order valence-corrected chi connectivity index (χ2v) is 7.13. The van der Waals surface area contributed by atoms with Gasteiger partial charge in [0.1, 0.15) is 0 Å². The third-order valence-electron chi connectivity index (χ3n) is 5.39. The molecule has 0 aliphatic carbocycles. The largest absolute Gasteiger partial charge is 0.395 e. The van der Waals surface area contributed by atoms with E-state index in [1.54, 1.807) is 0 Å². The lowest BCUT2D eigenvalue weighted by Gasteiger charge is -2.29. The van der Waals surface area contributed by atoms with Crippen molar-refractivity contribution in [3.8, 4) is 0 Å². The number of hydrogen-bond donors (Lipinski definition) is 2. The number of anilines is 2. The fourth-order valence-corrected chi connectivity index (χ4v) is 4.22. The Morgan fingerprint density at radius 1 is 1.21 bits per heavy atom. The van der Waals surface area contributed by atoms with Crippen LogP contribution in [0.15, 0.2) is 24.3 Å². The number of benzene rings is 1. The Morgan fingerprint density at radius 2 is 1.96 bits per heavy atom. The number of hydrogen-bond acceptors (Lipinski definition) is 4. The van der Waals surface area contributed by atoms with E-state index in [2.05, 4.69) is 10.6 Å². The third-order valence-corrected chi connectivity index (χ3v) is 5.39. The van der Waals surface area contributed by atoms with E-state index in [0.717, 1.165) is 4.90 Å². The minimum absolute atomic E-state index is 0.137. The number of rotatable bonds is 3. The summed E-state index contributed by atoms with van der Waals surface area (Å²) in [5.41, 5.74) is 0.439. The van der Waals surface area contributed by atoms with Crippen molar-refractivity contribution < 1.29 is 32.3 Å². The molecule has 1 aromatic carbocycles. The highest BCUT2D eigenvalue weighted by molar-refractivity contribution is 6.16. The van der Waals surface area contributed by atoms with E-state index in [1.807, 2.05) is 0 Å². The molecule has 3 saturated heterocycles. The molecule has 7 nitrogen and oxygen atoms in total. The summed E-state index contributed by atoms with van der Waals surface area (Å²) in [5.74, 6) is -4.32. The van der Waals surface area contributed by atoms with Gasteiger partial charge in [0.2, 0.25) is 11.8 Å². The van der Waals surface area contributed by atoms with Crippen molar-refractivity contribution in [2.75, 3.05) is 16.8 Å². The van der Waals surface area contributed by atoms with E-state index in [0.29, 0.717) is 12.8 Å². The summed E-state index contributed by atoms with van der Waals surface area (Å²) >= 11 is 0. The average Bonchev–Trinajstić information content (AvgIpc) is 3.23. The molecule has 0 spiro atoms. The summed E-state index contributed by atoms with van der Waals surface area (Å²) in [5, 5.41) is 5.04. The SMILES string of the molecule is O=C(Nc1cccc(N2C(=O)CCNC2=O)c1)C1C2CCC(O2)C1C(F)(F)F. The summed E-state index contributed by atoms with van der Waals surface area (Å²) in [6.45, 7) is 0.244. The van der Waals surface area contributed by atoms with Gasteiger partial charge in [-0.05, 0) is 31.0 Å². The fraction of sp³-hybridized carbons (Fsp3) is 0.500. The van der Waals surface area contributed by atoms with Crippen molar-refractivity contribution in [2.45, 2.75) is 37.6 Å². The highest BCUT2D eigenvalue weighted by Crippen LogP contribution is 2.50. The number of halogens is 3. The molecule has 4 atom stereocenters. The molecule has 4 rings (SSSR count). The van der Waals surface area contributed by atoms with Gasteiger partial charge >= 0.3 is 12.2 Å². The molecule has 3 aliphatic heterocycles. The van der Waals surface area contributed by atoms with Gasteiger partial charge in [-0.1, -0.05) is 6.07 Å². The van der Waals surface area contributed by atoms with Gasteiger partial charge in [0.25, 0.3) is 0 Å². The third kappa shape index (κ3) is 3.21. The van der Waals surface area contributed by atoms with Crippen LogP contribution in [0.5, 0.6) is 0 Å². The van der Waals surface area contributed by atoms with Crippen LogP contribution in [-0.4, -0.2) is 42.8 Å². The maximum Gasteiger partial charge on any atom is 0.395 e. The van der Waals surface area contributed by atoms with E-state index in [4.69, 9.17) is 4.74 Å². The van der Waals surface area contributed by atoms with Crippen LogP contribution in [0.3, 0.4) is 0 Å². The standard InChI is InChI=1S/C18H18F3N3O4/c19-18(20,21)15-12-5-4-11(28-12)14(15)16(26)23-9-2-1-3-10(8-9)24-13(25)6-7-22-17(24)27/h1-3,8,11-12,14-15H,4-7H2,(H,22,27)(H,23,26). The normalized spacial score (nSPS) is 29.8. The van der Waals surface area contributed by atoms with Crippen LogP contribution < -0.4 is 15.5 Å². The Balaban J connectivity index is 1.54. The van der Waals surface area contributed by atoms with Gasteiger partial charge < -0.3 is 15.4 Å². The van der Waals surface area contributed by atoms with E-state index >= 15 is 0 Å². The number of carbonyl (C=O) groups is 3. The van der Waals surface area contributed by atoms with Crippen molar-refractivity contribution in [1.82, 2.24) is 5.32 Å². The highest BCUT2D eigenvalue weighted by atomic mass is 19.4. The monoisotopic (exact) mass is 397 g/mol. The molecule has 1 aromatic rings. The van der Waals surface area contributed by atoms with Gasteiger partial charge in [-0.2, -0.15) is 13.2 Å². The average molecular weight is 397 g/mol. The molecule has 4 unspecified atom stereocenters. The number of imide groups is 1. The summed E-state index contributed by atoms with van der Waals surface area (Å²) in [4.78, 5) is 37.5. The molecule has 0 radical (unpaired) electrons.